The van der Waals surface area contributed by atoms with Crippen LogP contribution in [0.15, 0.2) is 53.4 Å². The lowest BCUT2D eigenvalue weighted by Crippen LogP contribution is -2.40. The molecule has 0 saturated carbocycles. The molecule has 2 aromatic rings. The normalized spacial score (nSPS) is 15.1. The molecule has 8 heteroatoms. The molecule has 168 valence electrons. The third-order valence-electron chi connectivity index (χ3n) is 5.72. The average Bonchev–Trinajstić information content (AvgIpc) is 2.78. The van der Waals surface area contributed by atoms with Gasteiger partial charge in [-0.3, -0.25) is 4.79 Å². The van der Waals surface area contributed by atoms with Crippen LogP contribution >= 0.6 is 11.6 Å². The fourth-order valence-corrected chi connectivity index (χ4v) is 5.37. The van der Waals surface area contributed by atoms with Crippen molar-refractivity contribution in [2.75, 3.05) is 26.7 Å². The third-order valence-corrected chi connectivity index (χ3v) is 7.69. The summed E-state index contributed by atoms with van der Waals surface area (Å²) in [6.07, 6.45) is 4.22. The molecule has 1 aliphatic heterocycles. The molecule has 0 unspecified atom stereocenters. The predicted molar refractivity (Wildman–Crippen MR) is 122 cm³/mol. The Labute approximate surface area is 189 Å². The minimum atomic E-state index is -3.72. The highest BCUT2D eigenvalue weighted by Crippen LogP contribution is 2.24. The second-order valence-corrected chi connectivity index (χ2v) is 9.93. The zero-order valence-electron chi connectivity index (χ0n) is 17.7. The van der Waals surface area contributed by atoms with Gasteiger partial charge in [-0.25, -0.2) is 13.1 Å². The molecule has 1 heterocycles. The van der Waals surface area contributed by atoms with Gasteiger partial charge in [0.1, 0.15) is 10.6 Å². The van der Waals surface area contributed by atoms with Crippen LogP contribution in [0.3, 0.4) is 0 Å². The number of likely N-dealkylation sites (tertiary alicyclic amines) is 1. The minimum Gasteiger partial charge on any atom is -0.497 e. The molecule has 0 radical (unpaired) electrons. The van der Waals surface area contributed by atoms with Crippen LogP contribution < -0.4 is 9.46 Å². The number of hydrogen-bond donors (Lipinski definition) is 1. The summed E-state index contributed by atoms with van der Waals surface area (Å²) in [6.45, 7) is 1.51. The molecule has 0 aliphatic carbocycles. The highest BCUT2D eigenvalue weighted by Gasteiger charge is 2.23. The quantitative estimate of drug-likeness (QED) is 0.610. The Morgan fingerprint density at radius 2 is 1.81 bits per heavy atom. The Morgan fingerprint density at radius 1 is 1.13 bits per heavy atom. The highest BCUT2D eigenvalue weighted by atomic mass is 35.5. The van der Waals surface area contributed by atoms with Gasteiger partial charge in [0.15, 0.2) is 0 Å². The van der Waals surface area contributed by atoms with Gasteiger partial charge >= 0.3 is 0 Å². The van der Waals surface area contributed by atoms with E-state index in [1.807, 2.05) is 17.0 Å². The molecule has 0 atom stereocenters. The lowest BCUT2D eigenvalue weighted by molar-refractivity contribution is -0.132. The maximum Gasteiger partial charge on any atom is 0.242 e. The molecule has 1 amide bonds. The SMILES string of the molecule is COc1ccc(CCC2CCN(C(=O)CCNS(=O)(=O)c3ccccc3Cl)CC2)cc1. The summed E-state index contributed by atoms with van der Waals surface area (Å²) in [6, 6.07) is 14.4. The topological polar surface area (TPSA) is 75.7 Å². The fraction of sp³-hybridized carbons (Fsp3) is 0.435. The lowest BCUT2D eigenvalue weighted by Gasteiger charge is -2.32. The highest BCUT2D eigenvalue weighted by molar-refractivity contribution is 7.89. The number of piperidine rings is 1. The molecule has 0 aromatic heterocycles. The first kappa shape index (κ1) is 23.6. The number of sulfonamides is 1. The summed E-state index contributed by atoms with van der Waals surface area (Å²) in [5, 5.41) is 0.165. The number of nitrogens with zero attached hydrogens (tertiary/aromatic N) is 1. The molecule has 0 spiro atoms. The second-order valence-electron chi connectivity index (χ2n) is 7.79. The van der Waals surface area contributed by atoms with E-state index in [1.54, 1.807) is 19.2 Å². The monoisotopic (exact) mass is 464 g/mol. The van der Waals surface area contributed by atoms with Gasteiger partial charge in [0.2, 0.25) is 15.9 Å². The van der Waals surface area contributed by atoms with Gasteiger partial charge in [-0.2, -0.15) is 0 Å². The van der Waals surface area contributed by atoms with Crippen LogP contribution in [0, 0.1) is 5.92 Å². The van der Waals surface area contributed by atoms with Gasteiger partial charge in [-0.05, 0) is 61.4 Å². The standard InChI is InChI=1S/C23H29ClN2O4S/c1-30-20-10-8-18(9-11-20)6-7-19-13-16-26(17-14-19)23(27)12-15-25-31(28,29)22-5-3-2-4-21(22)24/h2-5,8-11,19,25H,6-7,12-17H2,1H3. The number of rotatable bonds is 9. The summed E-state index contributed by atoms with van der Waals surface area (Å²) < 4.78 is 32.4. The largest absolute Gasteiger partial charge is 0.497 e. The van der Waals surface area contributed by atoms with Gasteiger partial charge in [0, 0.05) is 26.1 Å². The molecular formula is C23H29ClN2O4S. The zero-order chi connectivity index (χ0) is 22.3. The Bertz CT molecular complexity index is 971. The molecule has 1 saturated heterocycles. The number of halogens is 1. The Kier molecular flexibility index (Phi) is 8.35. The zero-order valence-corrected chi connectivity index (χ0v) is 19.3. The number of methoxy groups -OCH3 is 1. The van der Waals surface area contributed by atoms with Crippen molar-refractivity contribution in [3.05, 3.63) is 59.1 Å². The number of amides is 1. The number of carbonyl (C=O) groups is 1. The first-order valence-electron chi connectivity index (χ1n) is 10.5. The van der Waals surface area contributed by atoms with E-state index < -0.39 is 10.0 Å². The van der Waals surface area contributed by atoms with Crippen LogP contribution in [0.4, 0.5) is 0 Å². The smallest absolute Gasteiger partial charge is 0.242 e. The number of carbonyl (C=O) groups excluding carboxylic acids is 1. The molecule has 6 nitrogen and oxygen atoms in total. The van der Waals surface area contributed by atoms with E-state index in [2.05, 4.69) is 16.9 Å². The van der Waals surface area contributed by atoms with E-state index in [-0.39, 0.29) is 28.8 Å². The predicted octanol–water partition coefficient (Wildman–Crippen LogP) is 3.89. The van der Waals surface area contributed by atoms with Crippen molar-refractivity contribution in [3.63, 3.8) is 0 Å². The second kappa shape index (κ2) is 11.0. The molecule has 1 N–H and O–H groups in total. The van der Waals surface area contributed by atoms with E-state index >= 15 is 0 Å². The van der Waals surface area contributed by atoms with Crippen molar-refractivity contribution in [1.82, 2.24) is 9.62 Å². The number of nitrogens with one attached hydrogen (secondary N) is 1. The lowest BCUT2D eigenvalue weighted by atomic mass is 9.90. The molecular weight excluding hydrogens is 436 g/mol. The van der Waals surface area contributed by atoms with E-state index in [4.69, 9.17) is 16.3 Å². The van der Waals surface area contributed by atoms with Gasteiger partial charge in [-0.15, -0.1) is 0 Å². The van der Waals surface area contributed by atoms with Crippen LogP contribution in [-0.2, 0) is 21.2 Å². The first-order valence-corrected chi connectivity index (χ1v) is 12.4. The maximum atomic E-state index is 12.5. The van der Waals surface area contributed by atoms with Gasteiger partial charge in [0.25, 0.3) is 0 Å². The number of benzene rings is 2. The number of ether oxygens (including phenoxy) is 1. The van der Waals surface area contributed by atoms with Crippen molar-refractivity contribution in [3.8, 4) is 5.75 Å². The van der Waals surface area contributed by atoms with Crippen LogP contribution in [0.5, 0.6) is 5.75 Å². The van der Waals surface area contributed by atoms with E-state index in [1.165, 1.54) is 17.7 Å². The first-order chi connectivity index (χ1) is 14.9. The Morgan fingerprint density at radius 3 is 2.45 bits per heavy atom. The van der Waals surface area contributed by atoms with Crippen LogP contribution in [0.25, 0.3) is 0 Å². The molecule has 1 aliphatic rings. The number of hydrogen-bond acceptors (Lipinski definition) is 4. The molecule has 31 heavy (non-hydrogen) atoms. The van der Waals surface area contributed by atoms with Crippen molar-refractivity contribution in [2.24, 2.45) is 5.92 Å². The molecule has 3 rings (SSSR count). The van der Waals surface area contributed by atoms with Crippen LogP contribution in [0.2, 0.25) is 5.02 Å². The summed E-state index contributed by atoms with van der Waals surface area (Å²) in [5.74, 6) is 1.45. The summed E-state index contributed by atoms with van der Waals surface area (Å²) in [4.78, 5) is 14.4. The summed E-state index contributed by atoms with van der Waals surface area (Å²) in [5.41, 5.74) is 1.30. The van der Waals surface area contributed by atoms with Crippen molar-refractivity contribution >= 4 is 27.5 Å². The van der Waals surface area contributed by atoms with Crippen LogP contribution in [-0.4, -0.2) is 46.0 Å². The Hall–Kier alpha value is -2.09. The van der Waals surface area contributed by atoms with Crippen molar-refractivity contribution in [2.45, 2.75) is 37.0 Å². The van der Waals surface area contributed by atoms with Gasteiger partial charge in [0.05, 0.1) is 12.1 Å². The van der Waals surface area contributed by atoms with Crippen molar-refractivity contribution < 1.29 is 17.9 Å². The third kappa shape index (κ3) is 6.69. The molecule has 0 bridgehead atoms. The van der Waals surface area contributed by atoms with Gasteiger partial charge in [-0.1, -0.05) is 35.9 Å². The van der Waals surface area contributed by atoms with Gasteiger partial charge < -0.3 is 9.64 Å². The average molecular weight is 465 g/mol. The molecule has 2 aromatic carbocycles. The fourth-order valence-electron chi connectivity index (χ4n) is 3.82. The van der Waals surface area contributed by atoms with Crippen molar-refractivity contribution in [1.29, 1.82) is 0 Å². The van der Waals surface area contributed by atoms with Crippen LogP contribution in [0.1, 0.15) is 31.2 Å². The summed E-state index contributed by atoms with van der Waals surface area (Å²) in [7, 11) is -2.06. The van der Waals surface area contributed by atoms with E-state index in [0.29, 0.717) is 5.92 Å². The van der Waals surface area contributed by atoms with E-state index in [9.17, 15) is 13.2 Å². The number of aryl methyl sites for hydroxylation is 1. The summed E-state index contributed by atoms with van der Waals surface area (Å²) >= 11 is 5.96. The molecule has 1 fully saturated rings. The Balaban J connectivity index is 1.38. The maximum absolute atomic E-state index is 12.5. The minimum absolute atomic E-state index is 0.0181. The van der Waals surface area contributed by atoms with E-state index in [0.717, 1.165) is 44.5 Å².